The normalized spacial score (nSPS) is 10.5. The molecule has 0 atom stereocenters. The number of hydrogen-bond acceptors (Lipinski definition) is 6. The standard InChI is InChI=1S/C9H13BrN2OS.H2O4S/c10-8-1-2-9(12-7-8)13-5-3-11-4-6-14;1-5(2,3)4/h1-2,7,11,14H,3-6H2;(H2,1,2,3,4). The zero-order valence-electron chi connectivity index (χ0n) is 9.86. The number of hydrogen-bond donors (Lipinski definition) is 4. The van der Waals surface area contributed by atoms with Gasteiger partial charge in [-0.3, -0.25) is 9.11 Å². The molecule has 0 aromatic carbocycles. The van der Waals surface area contributed by atoms with E-state index in [9.17, 15) is 0 Å². The monoisotopic (exact) mass is 374 g/mol. The van der Waals surface area contributed by atoms with Gasteiger partial charge in [0, 0.05) is 35.6 Å². The van der Waals surface area contributed by atoms with Crippen molar-refractivity contribution in [3.05, 3.63) is 22.8 Å². The van der Waals surface area contributed by atoms with Crippen LogP contribution in [0.3, 0.4) is 0 Å². The highest BCUT2D eigenvalue weighted by Gasteiger charge is 1.94. The quantitative estimate of drug-likeness (QED) is 0.335. The Labute approximate surface area is 125 Å². The number of nitrogens with one attached hydrogen (secondary N) is 1. The van der Waals surface area contributed by atoms with Crippen molar-refractivity contribution in [2.45, 2.75) is 0 Å². The van der Waals surface area contributed by atoms with Gasteiger partial charge in [0.1, 0.15) is 6.61 Å². The molecule has 19 heavy (non-hydrogen) atoms. The lowest BCUT2D eigenvalue weighted by atomic mass is 10.5. The van der Waals surface area contributed by atoms with Crippen LogP contribution in [-0.2, 0) is 10.4 Å². The highest BCUT2D eigenvalue weighted by molar-refractivity contribution is 9.10. The number of aromatic nitrogens is 1. The molecule has 0 fully saturated rings. The van der Waals surface area contributed by atoms with Crippen LogP contribution in [0.15, 0.2) is 22.8 Å². The van der Waals surface area contributed by atoms with Crippen molar-refractivity contribution >= 4 is 39.0 Å². The maximum atomic E-state index is 8.74. The van der Waals surface area contributed by atoms with Crippen molar-refractivity contribution in [3.8, 4) is 5.88 Å². The molecule has 0 aliphatic rings. The number of pyridine rings is 1. The first-order valence-electron chi connectivity index (χ1n) is 5.08. The molecule has 1 heterocycles. The maximum Gasteiger partial charge on any atom is 0.394 e. The summed E-state index contributed by atoms with van der Waals surface area (Å²) in [6, 6.07) is 3.74. The molecule has 10 heteroatoms. The van der Waals surface area contributed by atoms with Crippen molar-refractivity contribution in [3.63, 3.8) is 0 Å². The molecule has 0 aliphatic carbocycles. The lowest BCUT2D eigenvalue weighted by Gasteiger charge is -2.05. The van der Waals surface area contributed by atoms with Gasteiger partial charge >= 0.3 is 10.4 Å². The molecule has 1 rings (SSSR count). The molecule has 0 unspecified atom stereocenters. The summed E-state index contributed by atoms with van der Waals surface area (Å²) in [4.78, 5) is 4.08. The second kappa shape index (κ2) is 10.4. The summed E-state index contributed by atoms with van der Waals surface area (Å²) in [5, 5.41) is 3.18. The minimum atomic E-state index is -4.67. The first kappa shape index (κ1) is 18.6. The van der Waals surface area contributed by atoms with E-state index in [1.807, 2.05) is 12.1 Å². The molecule has 1 aromatic rings. The lowest BCUT2D eigenvalue weighted by molar-refractivity contribution is 0.304. The second-order valence-electron chi connectivity index (χ2n) is 3.08. The number of thiol groups is 1. The first-order valence-corrected chi connectivity index (χ1v) is 7.91. The van der Waals surface area contributed by atoms with Crippen LogP contribution in [-0.4, -0.2) is 48.0 Å². The number of nitrogens with zero attached hydrogens (tertiary/aromatic N) is 1. The minimum absolute atomic E-state index is 0.627. The Morgan fingerprint density at radius 1 is 1.37 bits per heavy atom. The Morgan fingerprint density at radius 3 is 2.47 bits per heavy atom. The van der Waals surface area contributed by atoms with Gasteiger partial charge in [-0.1, -0.05) is 0 Å². The van der Waals surface area contributed by atoms with E-state index in [-0.39, 0.29) is 0 Å². The predicted octanol–water partition coefficient (Wildman–Crippen LogP) is 1.09. The average Bonchev–Trinajstić information content (AvgIpc) is 2.29. The van der Waals surface area contributed by atoms with Crippen molar-refractivity contribution < 1.29 is 22.3 Å². The third-order valence-corrected chi connectivity index (χ3v) is 2.21. The van der Waals surface area contributed by atoms with Gasteiger partial charge in [0.25, 0.3) is 0 Å². The summed E-state index contributed by atoms with van der Waals surface area (Å²) in [5.41, 5.74) is 0. The molecule has 110 valence electrons. The molecule has 0 aliphatic heterocycles. The highest BCUT2D eigenvalue weighted by Crippen LogP contribution is 2.11. The van der Waals surface area contributed by atoms with E-state index in [1.54, 1.807) is 6.20 Å². The van der Waals surface area contributed by atoms with Crippen molar-refractivity contribution in [2.24, 2.45) is 0 Å². The third kappa shape index (κ3) is 15.6. The van der Waals surface area contributed by atoms with Gasteiger partial charge < -0.3 is 10.1 Å². The van der Waals surface area contributed by atoms with E-state index in [4.69, 9.17) is 22.3 Å². The van der Waals surface area contributed by atoms with Gasteiger partial charge in [-0.2, -0.15) is 21.0 Å². The summed E-state index contributed by atoms with van der Waals surface area (Å²) in [6.07, 6.45) is 1.72. The molecule has 0 amide bonds. The van der Waals surface area contributed by atoms with Crippen LogP contribution in [0.5, 0.6) is 5.88 Å². The molecule has 1 aromatic heterocycles. The van der Waals surface area contributed by atoms with E-state index in [2.05, 4.69) is 38.9 Å². The molecule has 0 radical (unpaired) electrons. The zero-order valence-corrected chi connectivity index (χ0v) is 13.2. The predicted molar refractivity (Wildman–Crippen MR) is 78.3 cm³/mol. The van der Waals surface area contributed by atoms with Crippen molar-refractivity contribution in [2.75, 3.05) is 25.4 Å². The maximum absolute atomic E-state index is 8.74. The SMILES string of the molecule is O=S(=O)(O)O.SCCNCCOc1ccc(Br)cn1. The fourth-order valence-electron chi connectivity index (χ4n) is 0.879. The molecule has 0 bridgehead atoms. The van der Waals surface area contributed by atoms with Gasteiger partial charge in [-0.15, -0.1) is 0 Å². The summed E-state index contributed by atoms with van der Waals surface area (Å²) < 4.78 is 37.9. The Morgan fingerprint density at radius 2 is 2.00 bits per heavy atom. The zero-order chi connectivity index (χ0) is 14.7. The number of rotatable bonds is 6. The summed E-state index contributed by atoms with van der Waals surface area (Å²) >= 11 is 7.39. The van der Waals surface area contributed by atoms with E-state index in [0.717, 1.165) is 23.3 Å². The molecule has 0 saturated carbocycles. The van der Waals surface area contributed by atoms with Crippen LogP contribution in [0.4, 0.5) is 0 Å². The van der Waals surface area contributed by atoms with Crippen molar-refractivity contribution in [1.82, 2.24) is 10.3 Å². The smallest absolute Gasteiger partial charge is 0.394 e. The number of ether oxygens (including phenoxy) is 1. The fraction of sp³-hybridized carbons (Fsp3) is 0.444. The van der Waals surface area contributed by atoms with E-state index < -0.39 is 10.4 Å². The van der Waals surface area contributed by atoms with Crippen LogP contribution in [0.1, 0.15) is 0 Å². The first-order chi connectivity index (χ1) is 8.83. The molecular weight excluding hydrogens is 360 g/mol. The molecular formula is C9H15BrN2O5S2. The van der Waals surface area contributed by atoms with E-state index >= 15 is 0 Å². The van der Waals surface area contributed by atoms with Crippen LogP contribution < -0.4 is 10.1 Å². The topological polar surface area (TPSA) is 109 Å². The van der Waals surface area contributed by atoms with E-state index in [1.165, 1.54) is 0 Å². The van der Waals surface area contributed by atoms with Gasteiger partial charge in [-0.25, -0.2) is 4.98 Å². The molecule has 7 nitrogen and oxygen atoms in total. The lowest BCUT2D eigenvalue weighted by Crippen LogP contribution is -2.23. The summed E-state index contributed by atoms with van der Waals surface area (Å²) in [7, 11) is -4.67. The van der Waals surface area contributed by atoms with Gasteiger partial charge in [-0.05, 0) is 22.0 Å². The Balaban J connectivity index is 0.000000555. The summed E-state index contributed by atoms with van der Waals surface area (Å²) in [6.45, 7) is 2.35. The van der Waals surface area contributed by atoms with Gasteiger partial charge in [0.15, 0.2) is 0 Å². The second-order valence-corrected chi connectivity index (χ2v) is 5.34. The minimum Gasteiger partial charge on any atom is -0.476 e. The fourth-order valence-corrected chi connectivity index (χ4v) is 1.27. The highest BCUT2D eigenvalue weighted by atomic mass is 79.9. The summed E-state index contributed by atoms with van der Waals surface area (Å²) in [5.74, 6) is 1.50. The average molecular weight is 375 g/mol. The van der Waals surface area contributed by atoms with Gasteiger partial charge in [0.2, 0.25) is 5.88 Å². The largest absolute Gasteiger partial charge is 0.476 e. The molecule has 0 saturated heterocycles. The van der Waals surface area contributed by atoms with E-state index in [0.29, 0.717) is 12.5 Å². The third-order valence-electron chi connectivity index (χ3n) is 1.52. The van der Waals surface area contributed by atoms with Crippen LogP contribution in [0.25, 0.3) is 0 Å². The Hall–Kier alpha value is -0.390. The van der Waals surface area contributed by atoms with Crippen LogP contribution in [0.2, 0.25) is 0 Å². The van der Waals surface area contributed by atoms with Crippen LogP contribution >= 0.6 is 28.6 Å². The molecule has 0 spiro atoms. The number of halogens is 1. The van der Waals surface area contributed by atoms with Crippen molar-refractivity contribution in [1.29, 1.82) is 0 Å². The van der Waals surface area contributed by atoms with Gasteiger partial charge in [0.05, 0.1) is 0 Å². The Kier molecular flexibility index (Phi) is 10.2. The molecule has 3 N–H and O–H groups in total. The van der Waals surface area contributed by atoms with Crippen LogP contribution in [0, 0.1) is 0 Å². The Bertz CT molecular complexity index is 432.